The Bertz CT molecular complexity index is 878. The monoisotopic (exact) mass is 324 g/mol. The van der Waals surface area contributed by atoms with Crippen LogP contribution < -0.4 is 19.5 Å². The molecule has 0 bridgehead atoms. The normalized spacial score (nSPS) is 10.5. The van der Waals surface area contributed by atoms with Gasteiger partial charge in [-0.15, -0.1) is 0 Å². The summed E-state index contributed by atoms with van der Waals surface area (Å²) >= 11 is 0. The summed E-state index contributed by atoms with van der Waals surface area (Å²) in [6.07, 6.45) is 0. The lowest BCUT2D eigenvalue weighted by atomic mass is 10.1. The zero-order chi connectivity index (χ0) is 17.1. The molecule has 0 unspecified atom stereocenters. The third-order valence-electron chi connectivity index (χ3n) is 3.81. The van der Waals surface area contributed by atoms with Gasteiger partial charge in [-0.1, -0.05) is 0 Å². The van der Waals surface area contributed by atoms with Gasteiger partial charge in [-0.3, -0.25) is 4.98 Å². The number of rotatable bonds is 5. The van der Waals surface area contributed by atoms with E-state index in [0.29, 0.717) is 11.5 Å². The molecule has 0 saturated carbocycles. The van der Waals surface area contributed by atoms with E-state index < -0.39 is 0 Å². The van der Waals surface area contributed by atoms with Crippen molar-refractivity contribution in [3.05, 3.63) is 48.2 Å². The van der Waals surface area contributed by atoms with E-state index in [9.17, 15) is 0 Å². The van der Waals surface area contributed by atoms with Gasteiger partial charge in [0.25, 0.3) is 0 Å². The Morgan fingerprint density at radius 1 is 0.833 bits per heavy atom. The molecule has 0 atom stereocenters. The molecule has 3 rings (SSSR count). The summed E-state index contributed by atoms with van der Waals surface area (Å²) in [7, 11) is 4.90. The Morgan fingerprint density at radius 2 is 1.62 bits per heavy atom. The van der Waals surface area contributed by atoms with Crippen LogP contribution in [0.1, 0.15) is 5.69 Å². The predicted octanol–water partition coefficient (Wildman–Crippen LogP) is 4.31. The molecule has 5 heteroatoms. The van der Waals surface area contributed by atoms with Crippen LogP contribution in [0, 0.1) is 6.92 Å². The molecule has 0 aliphatic carbocycles. The van der Waals surface area contributed by atoms with Crippen LogP contribution in [-0.2, 0) is 0 Å². The molecule has 0 amide bonds. The van der Waals surface area contributed by atoms with Crippen molar-refractivity contribution >= 4 is 22.3 Å². The first-order valence-electron chi connectivity index (χ1n) is 7.59. The van der Waals surface area contributed by atoms with Crippen molar-refractivity contribution in [3.8, 4) is 17.2 Å². The van der Waals surface area contributed by atoms with Crippen molar-refractivity contribution in [2.24, 2.45) is 0 Å². The van der Waals surface area contributed by atoms with Gasteiger partial charge >= 0.3 is 0 Å². The smallest absolute Gasteiger partial charge is 0.162 e. The second-order valence-corrected chi connectivity index (χ2v) is 5.39. The van der Waals surface area contributed by atoms with Crippen molar-refractivity contribution in [2.75, 3.05) is 26.6 Å². The van der Waals surface area contributed by atoms with E-state index in [2.05, 4.69) is 10.3 Å². The number of benzene rings is 2. The van der Waals surface area contributed by atoms with E-state index >= 15 is 0 Å². The molecule has 0 aliphatic rings. The molecule has 3 aromatic rings. The lowest BCUT2D eigenvalue weighted by molar-refractivity contribution is 0.355. The Balaban J connectivity index is 2.03. The Labute approximate surface area is 141 Å². The minimum Gasteiger partial charge on any atom is -0.497 e. The van der Waals surface area contributed by atoms with Crippen molar-refractivity contribution in [2.45, 2.75) is 6.92 Å². The summed E-state index contributed by atoms with van der Waals surface area (Å²) in [5.41, 5.74) is 3.71. The molecule has 0 radical (unpaired) electrons. The maximum Gasteiger partial charge on any atom is 0.162 e. The minimum atomic E-state index is 0.680. The Hall–Kier alpha value is -2.95. The molecular formula is C19H20N2O3. The lowest BCUT2D eigenvalue weighted by Crippen LogP contribution is -1.97. The number of nitrogens with one attached hydrogen (secondary N) is 1. The fraction of sp³-hybridized carbons (Fsp3) is 0.211. The summed E-state index contributed by atoms with van der Waals surface area (Å²) in [5.74, 6) is 2.17. The van der Waals surface area contributed by atoms with Crippen LogP contribution in [0.4, 0.5) is 11.4 Å². The molecule has 1 aromatic heterocycles. The summed E-state index contributed by atoms with van der Waals surface area (Å²) in [6, 6.07) is 13.6. The first-order valence-corrected chi connectivity index (χ1v) is 7.59. The molecule has 5 nitrogen and oxygen atoms in total. The zero-order valence-corrected chi connectivity index (χ0v) is 14.2. The van der Waals surface area contributed by atoms with Crippen LogP contribution in [0.15, 0.2) is 42.5 Å². The van der Waals surface area contributed by atoms with Gasteiger partial charge in [0.15, 0.2) is 11.5 Å². The van der Waals surface area contributed by atoms with Gasteiger partial charge in [0.1, 0.15) is 5.75 Å². The quantitative estimate of drug-likeness (QED) is 0.758. The number of pyridine rings is 1. The van der Waals surface area contributed by atoms with Crippen molar-refractivity contribution in [3.63, 3.8) is 0 Å². The number of methoxy groups -OCH3 is 3. The van der Waals surface area contributed by atoms with Crippen molar-refractivity contribution in [1.29, 1.82) is 0 Å². The standard InChI is InChI=1S/C19H20N2O3/c1-12-9-16(15-7-6-14(22-2)11-17(15)20-12)21-13-5-8-18(23-3)19(10-13)24-4/h5-11H,1-4H3,(H,20,21). The van der Waals surface area contributed by atoms with E-state index in [1.807, 2.05) is 49.4 Å². The van der Waals surface area contributed by atoms with E-state index in [0.717, 1.165) is 33.7 Å². The highest BCUT2D eigenvalue weighted by Crippen LogP contribution is 2.33. The third-order valence-corrected chi connectivity index (χ3v) is 3.81. The van der Waals surface area contributed by atoms with Crippen molar-refractivity contribution in [1.82, 2.24) is 4.98 Å². The molecule has 1 heterocycles. The second kappa shape index (κ2) is 6.66. The number of ether oxygens (including phenoxy) is 3. The van der Waals surface area contributed by atoms with Gasteiger partial charge in [0.2, 0.25) is 0 Å². The molecule has 24 heavy (non-hydrogen) atoms. The molecular weight excluding hydrogens is 304 g/mol. The molecule has 0 spiro atoms. The van der Waals surface area contributed by atoms with E-state index in [1.54, 1.807) is 21.3 Å². The van der Waals surface area contributed by atoms with E-state index in [4.69, 9.17) is 14.2 Å². The van der Waals surface area contributed by atoms with Crippen LogP contribution in [0.25, 0.3) is 10.9 Å². The minimum absolute atomic E-state index is 0.680. The van der Waals surface area contributed by atoms with Crippen LogP contribution in [0.3, 0.4) is 0 Å². The Morgan fingerprint density at radius 3 is 2.33 bits per heavy atom. The zero-order valence-electron chi connectivity index (χ0n) is 14.2. The fourth-order valence-corrected chi connectivity index (χ4v) is 2.64. The lowest BCUT2D eigenvalue weighted by Gasteiger charge is -2.14. The first kappa shape index (κ1) is 15.9. The summed E-state index contributed by atoms with van der Waals surface area (Å²) < 4.78 is 15.9. The number of nitrogens with zero attached hydrogens (tertiary/aromatic N) is 1. The van der Waals surface area contributed by atoms with Crippen LogP contribution in [0.5, 0.6) is 17.2 Å². The number of hydrogen-bond acceptors (Lipinski definition) is 5. The first-order chi connectivity index (χ1) is 11.6. The van der Waals surface area contributed by atoms with Gasteiger partial charge < -0.3 is 19.5 Å². The highest BCUT2D eigenvalue weighted by molar-refractivity contribution is 5.94. The Kier molecular flexibility index (Phi) is 4.42. The van der Waals surface area contributed by atoms with E-state index in [-0.39, 0.29) is 0 Å². The van der Waals surface area contributed by atoms with Gasteiger partial charge in [0.05, 0.1) is 26.8 Å². The summed E-state index contributed by atoms with van der Waals surface area (Å²) in [6.45, 7) is 1.97. The van der Waals surface area contributed by atoms with Gasteiger partial charge in [-0.05, 0) is 37.3 Å². The largest absolute Gasteiger partial charge is 0.497 e. The SMILES string of the molecule is COc1ccc2c(Nc3ccc(OC)c(OC)c3)cc(C)nc2c1. The van der Waals surface area contributed by atoms with Crippen LogP contribution in [-0.4, -0.2) is 26.3 Å². The maximum atomic E-state index is 5.36. The molecule has 0 aliphatic heterocycles. The maximum absolute atomic E-state index is 5.36. The number of aryl methyl sites for hydroxylation is 1. The van der Waals surface area contributed by atoms with Gasteiger partial charge in [-0.25, -0.2) is 0 Å². The average molecular weight is 324 g/mol. The number of anilines is 2. The third kappa shape index (κ3) is 3.06. The number of hydrogen-bond donors (Lipinski definition) is 1. The number of fused-ring (bicyclic) bond motifs is 1. The summed E-state index contributed by atoms with van der Waals surface area (Å²) in [5, 5.41) is 4.46. The van der Waals surface area contributed by atoms with Crippen LogP contribution in [0.2, 0.25) is 0 Å². The molecule has 2 aromatic carbocycles. The summed E-state index contributed by atoms with van der Waals surface area (Å²) in [4.78, 5) is 4.58. The molecule has 124 valence electrons. The fourth-order valence-electron chi connectivity index (χ4n) is 2.64. The molecule has 1 N–H and O–H groups in total. The molecule has 0 saturated heterocycles. The average Bonchev–Trinajstić information content (AvgIpc) is 2.60. The highest BCUT2D eigenvalue weighted by Gasteiger charge is 2.08. The predicted molar refractivity (Wildman–Crippen MR) is 95.9 cm³/mol. The number of aromatic nitrogens is 1. The van der Waals surface area contributed by atoms with Crippen LogP contribution >= 0.6 is 0 Å². The van der Waals surface area contributed by atoms with Crippen molar-refractivity contribution < 1.29 is 14.2 Å². The topological polar surface area (TPSA) is 52.6 Å². The van der Waals surface area contributed by atoms with E-state index in [1.165, 1.54) is 0 Å². The second-order valence-electron chi connectivity index (χ2n) is 5.39. The van der Waals surface area contributed by atoms with Gasteiger partial charge in [-0.2, -0.15) is 0 Å². The highest BCUT2D eigenvalue weighted by atomic mass is 16.5. The van der Waals surface area contributed by atoms with Gasteiger partial charge in [0, 0.05) is 34.6 Å². The molecule has 0 fully saturated rings.